The molecule has 0 saturated carbocycles. The molecule has 1 aromatic carbocycles. The molecule has 0 unspecified atom stereocenters. The molecule has 0 spiro atoms. The van der Waals surface area contributed by atoms with Crippen LogP contribution in [0.5, 0.6) is 0 Å². The largest absolute Gasteiger partial charge is 0.384 e. The van der Waals surface area contributed by atoms with Crippen LogP contribution >= 0.6 is 11.6 Å². The number of amides is 1. The Labute approximate surface area is 129 Å². The maximum Gasteiger partial charge on any atom is 0.253 e. The first-order valence-electron chi connectivity index (χ1n) is 6.91. The Bertz CT molecular complexity index is 602. The van der Waals surface area contributed by atoms with Crippen LogP contribution in [0.4, 0.5) is 5.69 Å². The summed E-state index contributed by atoms with van der Waals surface area (Å²) in [5.41, 5.74) is 2.36. The summed E-state index contributed by atoms with van der Waals surface area (Å²) in [6.45, 7) is 3.35. The van der Waals surface area contributed by atoms with Gasteiger partial charge in [0.1, 0.15) is 0 Å². The predicted octanol–water partition coefficient (Wildman–Crippen LogP) is 3.49. The zero-order valence-corrected chi connectivity index (χ0v) is 12.7. The maximum atomic E-state index is 12.3. The summed E-state index contributed by atoms with van der Waals surface area (Å²) in [7, 11) is 0. The molecule has 1 aromatic heterocycles. The number of hydrogen-bond acceptors (Lipinski definition) is 3. The Balaban J connectivity index is 2.08. The van der Waals surface area contributed by atoms with E-state index in [9.17, 15) is 4.79 Å². The van der Waals surface area contributed by atoms with Crippen molar-refractivity contribution < 1.29 is 4.79 Å². The summed E-state index contributed by atoms with van der Waals surface area (Å²) < 4.78 is 0. The molecule has 0 aliphatic heterocycles. The van der Waals surface area contributed by atoms with E-state index in [1.54, 1.807) is 24.5 Å². The van der Waals surface area contributed by atoms with E-state index >= 15 is 0 Å². The minimum atomic E-state index is -0.145. The second-order valence-corrected chi connectivity index (χ2v) is 5.09. The molecule has 1 amide bonds. The fraction of sp³-hybridized carbons (Fsp3) is 0.250. The minimum absolute atomic E-state index is 0.145. The zero-order valence-electron chi connectivity index (χ0n) is 11.9. The van der Waals surface area contributed by atoms with Gasteiger partial charge in [0, 0.05) is 36.2 Å². The Morgan fingerprint density at radius 3 is 2.71 bits per heavy atom. The number of anilines is 1. The molecule has 4 nitrogen and oxygen atoms in total. The summed E-state index contributed by atoms with van der Waals surface area (Å²) in [4.78, 5) is 16.3. The molecule has 21 heavy (non-hydrogen) atoms. The number of carbonyl (C=O) groups excluding carboxylic acids is 1. The highest BCUT2D eigenvalue weighted by Crippen LogP contribution is 2.20. The van der Waals surface area contributed by atoms with E-state index < -0.39 is 0 Å². The van der Waals surface area contributed by atoms with Crippen LogP contribution in [0.25, 0.3) is 0 Å². The molecule has 5 heteroatoms. The van der Waals surface area contributed by atoms with Gasteiger partial charge in [-0.05, 0) is 42.3 Å². The molecule has 0 atom stereocenters. The van der Waals surface area contributed by atoms with Crippen molar-refractivity contribution in [2.75, 3.05) is 11.9 Å². The average molecular weight is 304 g/mol. The van der Waals surface area contributed by atoms with Crippen LogP contribution in [-0.2, 0) is 6.54 Å². The highest BCUT2D eigenvalue weighted by atomic mass is 35.5. The number of nitrogens with one attached hydrogen (secondary N) is 2. The number of carbonyl (C=O) groups is 1. The van der Waals surface area contributed by atoms with Crippen LogP contribution in [0.15, 0.2) is 42.7 Å². The summed E-state index contributed by atoms with van der Waals surface area (Å²) in [6.07, 6.45) is 4.39. The Morgan fingerprint density at radius 2 is 2.00 bits per heavy atom. The summed E-state index contributed by atoms with van der Waals surface area (Å²) in [5.74, 6) is -0.145. The second kappa shape index (κ2) is 7.64. The number of rotatable bonds is 6. The molecule has 0 aliphatic carbocycles. The Hall–Kier alpha value is -2.07. The predicted molar refractivity (Wildman–Crippen MR) is 85.6 cm³/mol. The molecule has 0 aliphatic rings. The van der Waals surface area contributed by atoms with Gasteiger partial charge < -0.3 is 10.6 Å². The van der Waals surface area contributed by atoms with Crippen LogP contribution in [0, 0.1) is 0 Å². The maximum absolute atomic E-state index is 12.3. The van der Waals surface area contributed by atoms with Gasteiger partial charge in [0.25, 0.3) is 5.91 Å². The molecular weight excluding hydrogens is 286 g/mol. The Morgan fingerprint density at radius 1 is 1.24 bits per heavy atom. The molecule has 0 bridgehead atoms. The molecule has 2 aromatic rings. The topological polar surface area (TPSA) is 54.0 Å². The first kappa shape index (κ1) is 15.3. The van der Waals surface area contributed by atoms with Crippen molar-refractivity contribution in [3.8, 4) is 0 Å². The third kappa shape index (κ3) is 4.46. The lowest BCUT2D eigenvalue weighted by Gasteiger charge is -2.12. The van der Waals surface area contributed by atoms with Crippen molar-refractivity contribution >= 4 is 23.2 Å². The summed E-state index contributed by atoms with van der Waals surface area (Å²) in [5, 5.41) is 6.68. The van der Waals surface area contributed by atoms with Gasteiger partial charge in [-0.15, -0.1) is 0 Å². The van der Waals surface area contributed by atoms with E-state index in [1.165, 1.54) is 0 Å². The van der Waals surface area contributed by atoms with Gasteiger partial charge in [-0.25, -0.2) is 0 Å². The van der Waals surface area contributed by atoms with Crippen LogP contribution < -0.4 is 10.6 Å². The van der Waals surface area contributed by atoms with Crippen molar-refractivity contribution in [3.63, 3.8) is 0 Å². The van der Waals surface area contributed by atoms with E-state index in [0.717, 1.165) is 24.2 Å². The summed E-state index contributed by atoms with van der Waals surface area (Å²) in [6, 6.07) is 9.03. The van der Waals surface area contributed by atoms with Crippen molar-refractivity contribution in [2.24, 2.45) is 0 Å². The van der Waals surface area contributed by atoms with Crippen LogP contribution in [0.3, 0.4) is 0 Å². The number of benzene rings is 1. The van der Waals surface area contributed by atoms with Gasteiger partial charge in [-0.3, -0.25) is 9.78 Å². The van der Waals surface area contributed by atoms with Gasteiger partial charge in [-0.1, -0.05) is 18.5 Å². The number of aromatic nitrogens is 1. The third-order valence-electron chi connectivity index (χ3n) is 2.99. The molecule has 0 saturated heterocycles. The third-order valence-corrected chi connectivity index (χ3v) is 3.23. The van der Waals surface area contributed by atoms with Crippen molar-refractivity contribution in [3.05, 3.63) is 58.9 Å². The molecule has 110 valence electrons. The molecule has 2 N–H and O–H groups in total. The first-order valence-corrected chi connectivity index (χ1v) is 7.29. The SMILES string of the molecule is CCCNc1ccc(Cl)cc1C(=O)NCc1ccncc1. The van der Waals surface area contributed by atoms with Crippen LogP contribution in [-0.4, -0.2) is 17.4 Å². The quantitative estimate of drug-likeness (QED) is 0.859. The standard InChI is InChI=1S/C16H18ClN3O/c1-2-7-19-15-4-3-13(17)10-14(15)16(21)20-11-12-5-8-18-9-6-12/h3-6,8-10,19H,2,7,11H2,1H3,(H,20,21). The smallest absolute Gasteiger partial charge is 0.253 e. The van der Waals surface area contributed by atoms with Gasteiger partial charge in [-0.2, -0.15) is 0 Å². The second-order valence-electron chi connectivity index (χ2n) is 4.65. The lowest BCUT2D eigenvalue weighted by Crippen LogP contribution is -2.24. The zero-order chi connectivity index (χ0) is 15.1. The molecular formula is C16H18ClN3O. The highest BCUT2D eigenvalue weighted by molar-refractivity contribution is 6.31. The van der Waals surface area contributed by atoms with Crippen molar-refractivity contribution in [1.82, 2.24) is 10.3 Å². The van der Waals surface area contributed by atoms with E-state index in [0.29, 0.717) is 17.1 Å². The number of halogens is 1. The average Bonchev–Trinajstić information content (AvgIpc) is 2.52. The van der Waals surface area contributed by atoms with E-state index in [-0.39, 0.29) is 5.91 Å². The van der Waals surface area contributed by atoms with Crippen LogP contribution in [0.2, 0.25) is 5.02 Å². The molecule has 0 radical (unpaired) electrons. The van der Waals surface area contributed by atoms with Gasteiger partial charge in [0.2, 0.25) is 0 Å². The number of pyridine rings is 1. The van der Waals surface area contributed by atoms with Crippen LogP contribution in [0.1, 0.15) is 29.3 Å². The lowest BCUT2D eigenvalue weighted by molar-refractivity contribution is 0.0951. The highest BCUT2D eigenvalue weighted by Gasteiger charge is 2.11. The fourth-order valence-electron chi connectivity index (χ4n) is 1.90. The van der Waals surface area contributed by atoms with Gasteiger partial charge in [0.05, 0.1) is 5.56 Å². The monoisotopic (exact) mass is 303 g/mol. The first-order chi connectivity index (χ1) is 10.2. The van der Waals surface area contributed by atoms with Gasteiger partial charge >= 0.3 is 0 Å². The van der Waals surface area contributed by atoms with E-state index in [1.807, 2.05) is 18.2 Å². The summed E-state index contributed by atoms with van der Waals surface area (Å²) >= 11 is 6.00. The molecule has 2 rings (SSSR count). The van der Waals surface area contributed by atoms with Gasteiger partial charge in [0.15, 0.2) is 0 Å². The molecule has 1 heterocycles. The minimum Gasteiger partial charge on any atom is -0.384 e. The van der Waals surface area contributed by atoms with Crippen molar-refractivity contribution in [2.45, 2.75) is 19.9 Å². The van der Waals surface area contributed by atoms with Crippen molar-refractivity contribution in [1.29, 1.82) is 0 Å². The normalized spacial score (nSPS) is 10.2. The molecule has 0 fully saturated rings. The van der Waals surface area contributed by atoms with E-state index in [2.05, 4.69) is 22.5 Å². The van der Waals surface area contributed by atoms with E-state index in [4.69, 9.17) is 11.6 Å². The number of hydrogen-bond donors (Lipinski definition) is 2. The lowest BCUT2D eigenvalue weighted by atomic mass is 10.1. The Kier molecular flexibility index (Phi) is 5.58. The fourth-order valence-corrected chi connectivity index (χ4v) is 2.07. The number of nitrogens with zero attached hydrogens (tertiary/aromatic N) is 1.